The second kappa shape index (κ2) is 8.79. The molecule has 2 aromatic carbocycles. The molecule has 1 saturated carbocycles. The largest absolute Gasteiger partial charge is 0.492 e. The zero-order chi connectivity index (χ0) is 22.1. The summed E-state index contributed by atoms with van der Waals surface area (Å²) in [5.41, 5.74) is 4.69. The summed E-state index contributed by atoms with van der Waals surface area (Å²) in [6.45, 7) is 6.26. The molecule has 3 aromatic rings. The predicted molar refractivity (Wildman–Crippen MR) is 127 cm³/mol. The summed E-state index contributed by atoms with van der Waals surface area (Å²) < 4.78 is 14.4. The van der Waals surface area contributed by atoms with Crippen LogP contribution in [0.5, 0.6) is 5.75 Å². The van der Waals surface area contributed by atoms with Crippen LogP contribution in [-0.4, -0.2) is 57.7 Å². The highest BCUT2D eigenvalue weighted by Gasteiger charge is 2.58. The van der Waals surface area contributed by atoms with Crippen molar-refractivity contribution >= 4 is 28.7 Å². The third kappa shape index (κ3) is 4.50. The third-order valence-corrected chi connectivity index (χ3v) is 7.71. The van der Waals surface area contributed by atoms with Gasteiger partial charge in [-0.05, 0) is 74.5 Å². The Bertz CT molecular complexity index is 1090. The average molecular weight is 451 g/mol. The number of nitrogens with zero attached hydrogens (tertiary/aromatic N) is 4. The van der Waals surface area contributed by atoms with Gasteiger partial charge in [-0.25, -0.2) is 0 Å². The lowest BCUT2D eigenvalue weighted by Gasteiger charge is -2.33. The third-order valence-electron chi connectivity index (χ3n) is 7.16. The number of ether oxygens (including phenoxy) is 1. The van der Waals surface area contributed by atoms with Gasteiger partial charge in [-0.2, -0.15) is 8.75 Å². The molecule has 5 rings (SSSR count). The van der Waals surface area contributed by atoms with Gasteiger partial charge in [-0.3, -0.25) is 9.69 Å². The molecule has 1 saturated heterocycles. The van der Waals surface area contributed by atoms with Crippen molar-refractivity contribution in [3.8, 4) is 5.75 Å². The van der Waals surface area contributed by atoms with Crippen LogP contribution in [0.4, 0.5) is 0 Å². The Morgan fingerprint density at radius 2 is 1.91 bits per heavy atom. The van der Waals surface area contributed by atoms with E-state index in [1.807, 2.05) is 36.2 Å². The Morgan fingerprint density at radius 3 is 2.69 bits per heavy atom. The minimum atomic E-state index is 0.187. The maximum Gasteiger partial charge on any atom is 0.226 e. The molecule has 2 heterocycles. The number of piperidine rings is 1. The molecule has 0 radical (unpaired) electrons. The first-order valence-electron chi connectivity index (χ1n) is 11.4. The molecule has 0 bridgehead atoms. The van der Waals surface area contributed by atoms with Crippen LogP contribution >= 0.6 is 11.7 Å². The van der Waals surface area contributed by atoms with E-state index in [9.17, 15) is 4.79 Å². The molecule has 32 heavy (non-hydrogen) atoms. The molecular weight excluding hydrogens is 420 g/mol. The molecule has 1 aromatic heterocycles. The lowest BCUT2D eigenvalue weighted by Crippen LogP contribution is -2.38. The summed E-state index contributed by atoms with van der Waals surface area (Å²) in [7, 11) is 1.91. The molecule has 1 amide bonds. The van der Waals surface area contributed by atoms with Gasteiger partial charge in [0.15, 0.2) is 0 Å². The van der Waals surface area contributed by atoms with Crippen LogP contribution in [0.15, 0.2) is 42.5 Å². The van der Waals surface area contributed by atoms with Crippen molar-refractivity contribution in [3.63, 3.8) is 0 Å². The fourth-order valence-corrected chi connectivity index (χ4v) is 5.42. The zero-order valence-electron chi connectivity index (χ0n) is 18.8. The summed E-state index contributed by atoms with van der Waals surface area (Å²) in [6.07, 6.45) is 3.26. The van der Waals surface area contributed by atoms with E-state index < -0.39 is 0 Å². The van der Waals surface area contributed by atoms with Crippen molar-refractivity contribution in [2.24, 2.45) is 11.3 Å². The molecule has 1 spiro atoms. The summed E-state index contributed by atoms with van der Waals surface area (Å²) in [5.74, 6) is 1.33. The maximum absolute atomic E-state index is 13.0. The summed E-state index contributed by atoms with van der Waals surface area (Å²) >= 11 is 1.27. The highest BCUT2D eigenvalue weighted by Crippen LogP contribution is 2.60. The van der Waals surface area contributed by atoms with Crippen LogP contribution in [0.3, 0.4) is 0 Å². The second-order valence-corrected chi connectivity index (χ2v) is 9.93. The van der Waals surface area contributed by atoms with E-state index in [2.05, 4.69) is 38.8 Å². The van der Waals surface area contributed by atoms with Crippen molar-refractivity contribution in [3.05, 3.63) is 53.6 Å². The topological polar surface area (TPSA) is 58.6 Å². The van der Waals surface area contributed by atoms with Gasteiger partial charge in [0.05, 0.1) is 18.3 Å². The minimum absolute atomic E-state index is 0.187. The van der Waals surface area contributed by atoms with Crippen molar-refractivity contribution in [2.45, 2.75) is 32.7 Å². The van der Waals surface area contributed by atoms with Crippen LogP contribution in [-0.2, 0) is 11.3 Å². The Hall–Kier alpha value is -2.51. The molecule has 7 heteroatoms. The SMILES string of the molecule is Cc1ccc(OCCN(C)C(=O)C2CC23CCN(Cc2ccc4nsnc4c2)CC3)cc1. The average Bonchev–Trinajstić information content (AvgIpc) is 3.29. The lowest BCUT2D eigenvalue weighted by molar-refractivity contribution is -0.132. The number of amides is 1. The van der Waals surface area contributed by atoms with Crippen molar-refractivity contribution in [1.82, 2.24) is 18.5 Å². The predicted octanol–water partition coefficient (Wildman–Crippen LogP) is 4.14. The van der Waals surface area contributed by atoms with Crippen LogP contribution < -0.4 is 4.74 Å². The van der Waals surface area contributed by atoms with Gasteiger partial charge in [0.2, 0.25) is 5.91 Å². The molecule has 6 nitrogen and oxygen atoms in total. The van der Waals surface area contributed by atoms with Crippen LogP contribution in [0, 0.1) is 18.3 Å². The van der Waals surface area contributed by atoms with E-state index in [0.717, 1.165) is 55.7 Å². The quantitative estimate of drug-likeness (QED) is 0.542. The summed E-state index contributed by atoms with van der Waals surface area (Å²) in [6, 6.07) is 14.4. The lowest BCUT2D eigenvalue weighted by atomic mass is 9.90. The Kier molecular flexibility index (Phi) is 5.86. The van der Waals surface area contributed by atoms with Crippen molar-refractivity contribution in [2.75, 3.05) is 33.3 Å². The number of carbonyl (C=O) groups excluding carboxylic acids is 1. The number of hydrogen-bond donors (Lipinski definition) is 0. The van der Waals surface area contributed by atoms with Gasteiger partial charge in [0.25, 0.3) is 0 Å². The monoisotopic (exact) mass is 450 g/mol. The first-order valence-corrected chi connectivity index (χ1v) is 12.1. The molecule has 1 atom stereocenters. The molecule has 1 aliphatic carbocycles. The molecule has 2 aliphatic rings. The number of hydrogen-bond acceptors (Lipinski definition) is 6. The molecule has 1 unspecified atom stereocenters. The van der Waals surface area contributed by atoms with E-state index in [1.54, 1.807) is 0 Å². The molecule has 1 aliphatic heterocycles. The highest BCUT2D eigenvalue weighted by atomic mass is 32.1. The fourth-order valence-electron chi connectivity index (χ4n) is 4.90. The van der Waals surface area contributed by atoms with E-state index in [-0.39, 0.29) is 17.2 Å². The van der Waals surface area contributed by atoms with Gasteiger partial charge >= 0.3 is 0 Å². The summed E-state index contributed by atoms with van der Waals surface area (Å²) in [4.78, 5) is 17.3. The number of carbonyl (C=O) groups is 1. The first-order chi connectivity index (χ1) is 15.5. The number of likely N-dealkylation sites (tertiary alicyclic amines) is 1. The Labute approximate surface area is 193 Å². The maximum atomic E-state index is 13.0. The Morgan fingerprint density at radius 1 is 1.16 bits per heavy atom. The van der Waals surface area contributed by atoms with E-state index in [1.165, 1.54) is 22.9 Å². The van der Waals surface area contributed by atoms with Crippen LogP contribution in [0.25, 0.3) is 11.0 Å². The van der Waals surface area contributed by atoms with Gasteiger partial charge in [-0.1, -0.05) is 23.8 Å². The normalized spacial score (nSPS) is 19.9. The standard InChI is InChI=1S/C25H30N4O2S/c1-18-3-6-20(7-4-18)31-14-13-28(2)24(30)21-16-25(21)9-11-29(12-10-25)17-19-5-8-22-23(15-19)27-32-26-22/h3-8,15,21H,9-14,16-17H2,1-2H3. The van der Waals surface area contributed by atoms with E-state index >= 15 is 0 Å². The molecule has 168 valence electrons. The first kappa shape index (κ1) is 21.3. The van der Waals surface area contributed by atoms with E-state index in [4.69, 9.17) is 4.74 Å². The fraction of sp³-hybridized carbons (Fsp3) is 0.480. The van der Waals surface area contributed by atoms with Gasteiger partial charge in [-0.15, -0.1) is 0 Å². The number of fused-ring (bicyclic) bond motifs is 1. The van der Waals surface area contributed by atoms with E-state index in [0.29, 0.717) is 13.2 Å². The van der Waals surface area contributed by atoms with Gasteiger partial charge in [0.1, 0.15) is 23.4 Å². The number of likely N-dealkylation sites (N-methyl/N-ethyl adjacent to an activating group) is 1. The number of rotatable bonds is 7. The van der Waals surface area contributed by atoms with Gasteiger partial charge < -0.3 is 9.64 Å². The van der Waals surface area contributed by atoms with Crippen molar-refractivity contribution < 1.29 is 9.53 Å². The highest BCUT2D eigenvalue weighted by molar-refractivity contribution is 7.00. The van der Waals surface area contributed by atoms with Crippen molar-refractivity contribution in [1.29, 1.82) is 0 Å². The number of aromatic nitrogens is 2. The second-order valence-electron chi connectivity index (χ2n) is 9.40. The minimum Gasteiger partial charge on any atom is -0.492 e. The molecular formula is C25H30N4O2S. The smallest absolute Gasteiger partial charge is 0.226 e. The van der Waals surface area contributed by atoms with Gasteiger partial charge in [0, 0.05) is 19.5 Å². The van der Waals surface area contributed by atoms with Crippen LogP contribution in [0.2, 0.25) is 0 Å². The number of aryl methyl sites for hydroxylation is 1. The number of benzene rings is 2. The molecule has 2 fully saturated rings. The van der Waals surface area contributed by atoms with Crippen LogP contribution in [0.1, 0.15) is 30.4 Å². The summed E-state index contributed by atoms with van der Waals surface area (Å²) in [5, 5.41) is 0. The molecule has 0 N–H and O–H groups in total. The Balaban J connectivity index is 1.07. The zero-order valence-corrected chi connectivity index (χ0v) is 19.6.